The highest BCUT2D eigenvalue weighted by Crippen LogP contribution is 2.27. The second-order valence-electron chi connectivity index (χ2n) is 5.29. The topological polar surface area (TPSA) is 76.3 Å². The number of hydrogen-bond acceptors (Lipinski definition) is 6. The van der Waals surface area contributed by atoms with Crippen LogP contribution >= 0.6 is 0 Å². The van der Waals surface area contributed by atoms with Gasteiger partial charge >= 0.3 is 0 Å². The van der Waals surface area contributed by atoms with Crippen molar-refractivity contribution >= 4 is 11.8 Å². The highest BCUT2D eigenvalue weighted by atomic mass is 16.5. The van der Waals surface area contributed by atoms with E-state index in [4.69, 9.17) is 10.5 Å². The zero-order valence-electron chi connectivity index (χ0n) is 11.3. The monoisotopic (exact) mass is 263 g/mol. The molecule has 6 heteroatoms. The fraction of sp³-hybridized carbons (Fsp3) is 0.692. The summed E-state index contributed by atoms with van der Waals surface area (Å²) in [6.45, 7) is 3.56. The Kier molecular flexibility index (Phi) is 3.52. The van der Waals surface area contributed by atoms with E-state index < -0.39 is 0 Å². The number of nitrogens with one attached hydrogen (secondary N) is 1. The number of aromatic nitrogens is 2. The van der Waals surface area contributed by atoms with Crippen LogP contribution in [0.2, 0.25) is 0 Å². The van der Waals surface area contributed by atoms with Gasteiger partial charge in [0.25, 0.3) is 0 Å². The Morgan fingerprint density at radius 1 is 1.42 bits per heavy atom. The van der Waals surface area contributed by atoms with Crippen molar-refractivity contribution in [1.82, 2.24) is 15.3 Å². The predicted octanol–water partition coefficient (Wildman–Crippen LogP) is 0.361. The van der Waals surface area contributed by atoms with E-state index >= 15 is 0 Å². The van der Waals surface area contributed by atoms with Gasteiger partial charge in [-0.1, -0.05) is 0 Å². The average Bonchev–Trinajstić information content (AvgIpc) is 3.09. The predicted molar refractivity (Wildman–Crippen MR) is 74.3 cm³/mol. The third kappa shape index (κ3) is 2.64. The van der Waals surface area contributed by atoms with Gasteiger partial charge in [-0.2, -0.15) is 4.98 Å². The lowest BCUT2D eigenvalue weighted by molar-refractivity contribution is 0.193. The van der Waals surface area contributed by atoms with E-state index in [9.17, 15) is 0 Å². The molecule has 2 saturated heterocycles. The summed E-state index contributed by atoms with van der Waals surface area (Å²) < 4.78 is 5.43. The van der Waals surface area contributed by atoms with E-state index in [2.05, 4.69) is 26.3 Å². The Morgan fingerprint density at radius 3 is 3.00 bits per heavy atom. The molecule has 2 aliphatic heterocycles. The molecule has 2 fully saturated rings. The summed E-state index contributed by atoms with van der Waals surface area (Å²) in [6, 6.07) is 2.61. The van der Waals surface area contributed by atoms with Crippen LogP contribution in [0.3, 0.4) is 0 Å². The largest absolute Gasteiger partial charge is 0.381 e. The summed E-state index contributed by atoms with van der Waals surface area (Å²) in [5.41, 5.74) is 6.88. The minimum Gasteiger partial charge on any atom is -0.381 e. The molecule has 19 heavy (non-hydrogen) atoms. The minimum absolute atomic E-state index is 0.367. The molecule has 0 saturated carbocycles. The first-order valence-corrected chi connectivity index (χ1v) is 6.90. The normalized spacial score (nSPS) is 27.1. The Labute approximate surface area is 113 Å². The first kappa shape index (κ1) is 12.6. The van der Waals surface area contributed by atoms with Gasteiger partial charge in [0, 0.05) is 37.7 Å². The molecule has 0 amide bonds. The van der Waals surface area contributed by atoms with Gasteiger partial charge in [0.05, 0.1) is 12.3 Å². The number of nitrogens with two attached hydrogens (primary N) is 1. The average molecular weight is 263 g/mol. The number of ether oxygens (including phenoxy) is 1. The molecule has 0 spiro atoms. The highest BCUT2D eigenvalue weighted by Gasteiger charge is 2.25. The summed E-state index contributed by atoms with van der Waals surface area (Å²) in [6.07, 6.45) is 2.16. The minimum atomic E-state index is 0.367. The van der Waals surface area contributed by atoms with E-state index in [1.165, 1.54) is 0 Å². The number of nitrogens with zero attached hydrogens (tertiary/aromatic N) is 3. The van der Waals surface area contributed by atoms with Crippen LogP contribution in [0.15, 0.2) is 6.07 Å². The fourth-order valence-corrected chi connectivity index (χ4v) is 2.81. The van der Waals surface area contributed by atoms with Crippen LogP contribution < -0.4 is 16.0 Å². The van der Waals surface area contributed by atoms with Crippen molar-refractivity contribution in [1.29, 1.82) is 0 Å². The van der Waals surface area contributed by atoms with Gasteiger partial charge in [0.2, 0.25) is 5.95 Å². The lowest BCUT2D eigenvalue weighted by Gasteiger charge is -2.19. The lowest BCUT2D eigenvalue weighted by Crippen LogP contribution is -2.30. The van der Waals surface area contributed by atoms with E-state index in [1.54, 1.807) is 0 Å². The van der Waals surface area contributed by atoms with Crippen molar-refractivity contribution in [2.24, 2.45) is 0 Å². The van der Waals surface area contributed by atoms with E-state index in [0.29, 0.717) is 17.9 Å². The third-order valence-electron chi connectivity index (χ3n) is 4.02. The van der Waals surface area contributed by atoms with Crippen LogP contribution in [0, 0.1) is 0 Å². The molecule has 3 heterocycles. The van der Waals surface area contributed by atoms with E-state index in [-0.39, 0.29) is 0 Å². The summed E-state index contributed by atoms with van der Waals surface area (Å²) in [7, 11) is 2.00. The third-order valence-corrected chi connectivity index (χ3v) is 4.02. The summed E-state index contributed by atoms with van der Waals surface area (Å²) in [5.74, 6) is 1.69. The zero-order chi connectivity index (χ0) is 13.2. The lowest BCUT2D eigenvalue weighted by atomic mass is 10.0. The van der Waals surface area contributed by atoms with Gasteiger partial charge in [-0.3, -0.25) is 0 Å². The number of hydrogen-bond donors (Lipinski definition) is 2. The number of nitrogen functional groups attached to an aromatic ring is 1. The molecule has 0 aliphatic carbocycles. The van der Waals surface area contributed by atoms with Crippen molar-refractivity contribution in [2.75, 3.05) is 44.0 Å². The van der Waals surface area contributed by atoms with Crippen molar-refractivity contribution in [3.63, 3.8) is 0 Å². The molecular formula is C13H21N5O. The van der Waals surface area contributed by atoms with Gasteiger partial charge in [0.1, 0.15) is 5.82 Å². The summed E-state index contributed by atoms with van der Waals surface area (Å²) in [4.78, 5) is 11.0. The van der Waals surface area contributed by atoms with E-state index in [1.807, 2.05) is 7.05 Å². The van der Waals surface area contributed by atoms with Crippen LogP contribution in [0.4, 0.5) is 11.8 Å². The zero-order valence-corrected chi connectivity index (χ0v) is 11.3. The van der Waals surface area contributed by atoms with Crippen LogP contribution in [-0.4, -0.2) is 49.4 Å². The standard InChI is InChI=1S/C13H21N5O/c1-15-10-2-4-18(7-10)12-6-11(16-13(14)17-12)9-3-5-19-8-9/h6,9-10,15H,2-5,7-8H2,1H3,(H2,14,16,17). The van der Waals surface area contributed by atoms with Crippen molar-refractivity contribution in [3.8, 4) is 0 Å². The van der Waals surface area contributed by atoms with Crippen LogP contribution in [0.25, 0.3) is 0 Å². The number of anilines is 2. The molecule has 0 bridgehead atoms. The number of rotatable bonds is 3. The molecular weight excluding hydrogens is 242 g/mol. The van der Waals surface area contributed by atoms with Crippen LogP contribution in [0.5, 0.6) is 0 Å². The first-order chi connectivity index (χ1) is 9.26. The first-order valence-electron chi connectivity index (χ1n) is 6.90. The molecule has 1 aromatic heterocycles. The maximum atomic E-state index is 5.86. The van der Waals surface area contributed by atoms with Gasteiger partial charge in [-0.25, -0.2) is 4.98 Å². The number of likely N-dealkylation sites (N-methyl/N-ethyl adjacent to an activating group) is 1. The summed E-state index contributed by atoms with van der Waals surface area (Å²) in [5, 5.41) is 3.31. The second-order valence-corrected chi connectivity index (χ2v) is 5.29. The maximum absolute atomic E-state index is 5.86. The molecule has 0 aromatic carbocycles. The van der Waals surface area contributed by atoms with Crippen molar-refractivity contribution < 1.29 is 4.74 Å². The molecule has 2 unspecified atom stereocenters. The van der Waals surface area contributed by atoms with E-state index in [0.717, 1.165) is 50.7 Å². The summed E-state index contributed by atoms with van der Waals surface area (Å²) >= 11 is 0. The molecule has 0 radical (unpaired) electrons. The maximum Gasteiger partial charge on any atom is 0.222 e. The molecule has 3 rings (SSSR count). The van der Waals surface area contributed by atoms with Gasteiger partial charge < -0.3 is 20.7 Å². The Balaban J connectivity index is 1.81. The van der Waals surface area contributed by atoms with Crippen molar-refractivity contribution in [2.45, 2.75) is 24.8 Å². The SMILES string of the molecule is CNC1CCN(c2cc(C3CCOC3)nc(N)n2)C1. The molecule has 3 N–H and O–H groups in total. The second kappa shape index (κ2) is 5.30. The van der Waals surface area contributed by atoms with Gasteiger partial charge in [0.15, 0.2) is 0 Å². The van der Waals surface area contributed by atoms with Gasteiger partial charge in [-0.05, 0) is 19.9 Å². The fourth-order valence-electron chi connectivity index (χ4n) is 2.81. The Hall–Kier alpha value is -1.40. The van der Waals surface area contributed by atoms with Gasteiger partial charge in [-0.15, -0.1) is 0 Å². The Bertz CT molecular complexity index is 447. The van der Waals surface area contributed by atoms with Crippen molar-refractivity contribution in [3.05, 3.63) is 11.8 Å². The highest BCUT2D eigenvalue weighted by molar-refractivity contribution is 5.45. The Morgan fingerprint density at radius 2 is 2.32 bits per heavy atom. The molecule has 1 aromatic rings. The van der Waals surface area contributed by atoms with Crippen LogP contribution in [-0.2, 0) is 4.74 Å². The molecule has 6 nitrogen and oxygen atoms in total. The molecule has 2 aliphatic rings. The quantitative estimate of drug-likeness (QED) is 0.820. The molecule has 2 atom stereocenters. The smallest absolute Gasteiger partial charge is 0.222 e. The van der Waals surface area contributed by atoms with Crippen LogP contribution in [0.1, 0.15) is 24.5 Å². The molecule has 104 valence electrons.